The maximum absolute atomic E-state index is 12.1. The van der Waals surface area contributed by atoms with Crippen molar-refractivity contribution in [2.24, 2.45) is 11.8 Å². The van der Waals surface area contributed by atoms with E-state index in [2.05, 4.69) is 18.7 Å². The zero-order valence-corrected chi connectivity index (χ0v) is 8.22. The summed E-state index contributed by atoms with van der Waals surface area (Å²) in [6, 6.07) is 0. The molecule has 0 aliphatic carbocycles. The fourth-order valence-corrected chi connectivity index (χ4v) is 1.96. The summed E-state index contributed by atoms with van der Waals surface area (Å²) in [5.41, 5.74) is 0. The Labute approximate surface area is 74.9 Å². The lowest BCUT2D eigenvalue weighted by Gasteiger charge is -2.34. The minimum absolute atomic E-state index is 0.190. The fraction of sp³-hybridized carbons (Fsp3) is 1.00. The Morgan fingerprint density at radius 3 is 2.83 bits per heavy atom. The van der Waals surface area contributed by atoms with Gasteiger partial charge in [0.05, 0.1) is 0 Å². The quantitative estimate of drug-likeness (QED) is 0.633. The number of hydrogen-bond donors (Lipinski definition) is 0. The molecule has 0 aromatic rings. The molecule has 12 heavy (non-hydrogen) atoms. The molecule has 1 atom stereocenters. The molecule has 1 saturated heterocycles. The van der Waals surface area contributed by atoms with Gasteiger partial charge in [-0.25, -0.2) is 4.39 Å². The third kappa shape index (κ3) is 2.74. The van der Waals surface area contributed by atoms with Crippen molar-refractivity contribution in [2.45, 2.75) is 26.7 Å². The topological polar surface area (TPSA) is 3.24 Å². The average Bonchev–Trinajstić information content (AvgIpc) is 2.05. The second-order valence-electron chi connectivity index (χ2n) is 4.14. The van der Waals surface area contributed by atoms with E-state index in [0.29, 0.717) is 6.54 Å². The zero-order chi connectivity index (χ0) is 8.97. The van der Waals surface area contributed by atoms with Gasteiger partial charge >= 0.3 is 0 Å². The Morgan fingerprint density at radius 1 is 1.50 bits per heavy atom. The van der Waals surface area contributed by atoms with E-state index >= 15 is 0 Å². The lowest BCUT2D eigenvalue weighted by molar-refractivity contribution is 0.137. The minimum atomic E-state index is -0.190. The van der Waals surface area contributed by atoms with Crippen molar-refractivity contribution in [3.8, 4) is 0 Å². The summed E-state index contributed by atoms with van der Waals surface area (Å²) in [5, 5.41) is 0. The standard InChI is InChI=1S/C10H20FN/c1-9(2)10-4-3-6-12(8-10)7-5-11/h9-10H,3-8H2,1-2H3. The van der Waals surface area contributed by atoms with Crippen LogP contribution in [0.4, 0.5) is 4.39 Å². The van der Waals surface area contributed by atoms with Crippen LogP contribution in [0.15, 0.2) is 0 Å². The van der Waals surface area contributed by atoms with Gasteiger partial charge in [0.25, 0.3) is 0 Å². The molecule has 0 aromatic carbocycles. The molecule has 2 heteroatoms. The maximum Gasteiger partial charge on any atom is 0.102 e. The second-order valence-corrected chi connectivity index (χ2v) is 4.14. The predicted octanol–water partition coefficient (Wildman–Crippen LogP) is 2.32. The summed E-state index contributed by atoms with van der Waals surface area (Å²) >= 11 is 0. The van der Waals surface area contributed by atoms with E-state index in [9.17, 15) is 4.39 Å². The average molecular weight is 173 g/mol. The normalized spacial score (nSPS) is 26.5. The van der Waals surface area contributed by atoms with E-state index in [1.165, 1.54) is 12.8 Å². The predicted molar refractivity (Wildman–Crippen MR) is 50.0 cm³/mol. The highest BCUT2D eigenvalue weighted by molar-refractivity contribution is 4.74. The first-order chi connectivity index (χ1) is 5.74. The molecule has 1 rings (SSSR count). The molecule has 0 N–H and O–H groups in total. The molecule has 1 heterocycles. The van der Waals surface area contributed by atoms with Crippen LogP contribution in [0.5, 0.6) is 0 Å². The Hall–Kier alpha value is -0.110. The van der Waals surface area contributed by atoms with Gasteiger partial charge in [0.2, 0.25) is 0 Å². The second kappa shape index (κ2) is 4.80. The highest BCUT2D eigenvalue weighted by Crippen LogP contribution is 2.22. The monoisotopic (exact) mass is 173 g/mol. The Morgan fingerprint density at radius 2 is 2.25 bits per heavy atom. The van der Waals surface area contributed by atoms with Crippen LogP contribution in [0.25, 0.3) is 0 Å². The number of alkyl halides is 1. The number of halogens is 1. The summed E-state index contributed by atoms with van der Waals surface area (Å²) in [4.78, 5) is 2.26. The van der Waals surface area contributed by atoms with E-state index in [4.69, 9.17) is 0 Å². The van der Waals surface area contributed by atoms with Gasteiger partial charge in [-0.1, -0.05) is 13.8 Å². The Kier molecular flexibility index (Phi) is 3.99. The van der Waals surface area contributed by atoms with Gasteiger partial charge in [-0.05, 0) is 31.2 Å². The molecule has 0 radical (unpaired) electrons. The summed E-state index contributed by atoms with van der Waals surface area (Å²) < 4.78 is 12.1. The molecule has 1 aliphatic heterocycles. The van der Waals surface area contributed by atoms with E-state index < -0.39 is 0 Å². The summed E-state index contributed by atoms with van der Waals surface area (Å²) in [5.74, 6) is 1.55. The smallest absolute Gasteiger partial charge is 0.102 e. The van der Waals surface area contributed by atoms with E-state index in [-0.39, 0.29) is 6.67 Å². The van der Waals surface area contributed by atoms with Crippen molar-refractivity contribution in [1.82, 2.24) is 4.90 Å². The zero-order valence-electron chi connectivity index (χ0n) is 8.22. The van der Waals surface area contributed by atoms with Crippen molar-refractivity contribution in [3.63, 3.8) is 0 Å². The van der Waals surface area contributed by atoms with Crippen LogP contribution in [-0.2, 0) is 0 Å². The first-order valence-electron chi connectivity index (χ1n) is 5.02. The molecule has 72 valence electrons. The van der Waals surface area contributed by atoms with Gasteiger partial charge in [0, 0.05) is 13.1 Å². The molecule has 0 spiro atoms. The van der Waals surface area contributed by atoms with E-state index in [1.807, 2.05) is 0 Å². The number of hydrogen-bond acceptors (Lipinski definition) is 1. The highest BCUT2D eigenvalue weighted by atomic mass is 19.1. The van der Waals surface area contributed by atoms with Crippen molar-refractivity contribution >= 4 is 0 Å². The van der Waals surface area contributed by atoms with Crippen LogP contribution in [0.2, 0.25) is 0 Å². The van der Waals surface area contributed by atoms with Crippen molar-refractivity contribution in [1.29, 1.82) is 0 Å². The van der Waals surface area contributed by atoms with Gasteiger partial charge in [0.1, 0.15) is 6.67 Å². The number of rotatable bonds is 3. The van der Waals surface area contributed by atoms with Crippen LogP contribution in [-0.4, -0.2) is 31.2 Å². The first kappa shape index (κ1) is 9.97. The van der Waals surface area contributed by atoms with Gasteiger partial charge in [-0.15, -0.1) is 0 Å². The third-order valence-electron chi connectivity index (χ3n) is 2.89. The molecular formula is C10H20FN. The van der Waals surface area contributed by atoms with Gasteiger partial charge in [-0.2, -0.15) is 0 Å². The highest BCUT2D eigenvalue weighted by Gasteiger charge is 2.21. The Bertz CT molecular complexity index is 123. The molecule has 1 fully saturated rings. The van der Waals surface area contributed by atoms with Gasteiger partial charge < -0.3 is 4.90 Å². The van der Waals surface area contributed by atoms with Gasteiger partial charge in [0.15, 0.2) is 0 Å². The lowest BCUT2D eigenvalue weighted by Crippen LogP contribution is -2.38. The fourth-order valence-electron chi connectivity index (χ4n) is 1.96. The van der Waals surface area contributed by atoms with E-state index in [0.717, 1.165) is 24.9 Å². The van der Waals surface area contributed by atoms with Crippen LogP contribution in [0, 0.1) is 11.8 Å². The molecular weight excluding hydrogens is 153 g/mol. The first-order valence-corrected chi connectivity index (χ1v) is 5.02. The third-order valence-corrected chi connectivity index (χ3v) is 2.89. The molecule has 1 aliphatic rings. The van der Waals surface area contributed by atoms with Crippen molar-refractivity contribution < 1.29 is 4.39 Å². The molecule has 0 aromatic heterocycles. The SMILES string of the molecule is CC(C)C1CCCN(CCF)C1. The molecule has 0 saturated carbocycles. The van der Waals surface area contributed by atoms with Crippen LogP contribution in [0.1, 0.15) is 26.7 Å². The van der Waals surface area contributed by atoms with Crippen molar-refractivity contribution in [2.75, 3.05) is 26.3 Å². The Balaban J connectivity index is 2.30. The molecule has 0 amide bonds. The molecule has 1 nitrogen and oxygen atoms in total. The van der Waals surface area contributed by atoms with Crippen LogP contribution >= 0.6 is 0 Å². The number of nitrogens with zero attached hydrogens (tertiary/aromatic N) is 1. The molecule has 0 bridgehead atoms. The minimum Gasteiger partial charge on any atom is -0.300 e. The number of likely N-dealkylation sites (tertiary alicyclic amines) is 1. The maximum atomic E-state index is 12.1. The van der Waals surface area contributed by atoms with Crippen molar-refractivity contribution in [3.05, 3.63) is 0 Å². The van der Waals surface area contributed by atoms with Crippen LogP contribution < -0.4 is 0 Å². The van der Waals surface area contributed by atoms with Crippen LogP contribution in [0.3, 0.4) is 0 Å². The van der Waals surface area contributed by atoms with Gasteiger partial charge in [-0.3, -0.25) is 0 Å². The summed E-state index contributed by atoms with van der Waals surface area (Å²) in [6.45, 7) is 7.20. The lowest BCUT2D eigenvalue weighted by atomic mass is 9.88. The number of piperidine rings is 1. The summed E-state index contributed by atoms with van der Waals surface area (Å²) in [7, 11) is 0. The largest absolute Gasteiger partial charge is 0.300 e. The van der Waals surface area contributed by atoms with E-state index in [1.54, 1.807) is 0 Å². The summed E-state index contributed by atoms with van der Waals surface area (Å²) in [6.07, 6.45) is 2.59. The molecule has 1 unspecified atom stereocenters.